The van der Waals surface area contributed by atoms with E-state index >= 15 is 0 Å². The fourth-order valence-electron chi connectivity index (χ4n) is 1.25. The van der Waals surface area contributed by atoms with Crippen LogP contribution in [-0.2, 0) is 20.7 Å². The van der Waals surface area contributed by atoms with E-state index in [4.69, 9.17) is 0 Å². The number of carbonyl (C=O) groups excluding carboxylic acids is 2. The van der Waals surface area contributed by atoms with Gasteiger partial charge in [-0.15, -0.1) is 0 Å². The van der Waals surface area contributed by atoms with Crippen LogP contribution in [0.1, 0.15) is 12.0 Å². The molecule has 1 aromatic rings. The molecule has 0 atom stereocenters. The number of methoxy groups -OCH3 is 1. The minimum absolute atomic E-state index is 0.0879. The van der Waals surface area contributed by atoms with Crippen molar-refractivity contribution in [2.45, 2.75) is 12.8 Å². The number of hydrogen-bond donors (Lipinski definition) is 1. The maximum absolute atomic E-state index is 11.4. The van der Waals surface area contributed by atoms with Crippen LogP contribution in [0.3, 0.4) is 0 Å². The SMILES string of the molecule is COC(=O)CCNC(=O)Cc1ccccc1. The van der Waals surface area contributed by atoms with Gasteiger partial charge in [0.1, 0.15) is 0 Å². The van der Waals surface area contributed by atoms with Crippen LogP contribution in [0.2, 0.25) is 0 Å². The van der Waals surface area contributed by atoms with Gasteiger partial charge in [-0.05, 0) is 5.56 Å². The molecule has 0 aliphatic carbocycles. The van der Waals surface area contributed by atoms with Crippen molar-refractivity contribution in [1.82, 2.24) is 5.32 Å². The Hall–Kier alpha value is -1.84. The first-order chi connectivity index (χ1) is 7.72. The Morgan fingerprint density at radius 1 is 1.25 bits per heavy atom. The smallest absolute Gasteiger partial charge is 0.307 e. The molecule has 4 nitrogen and oxygen atoms in total. The highest BCUT2D eigenvalue weighted by Crippen LogP contribution is 1.98. The van der Waals surface area contributed by atoms with Crippen molar-refractivity contribution in [2.24, 2.45) is 0 Å². The molecular weight excluding hydrogens is 206 g/mol. The highest BCUT2D eigenvalue weighted by molar-refractivity contribution is 5.79. The summed E-state index contributed by atoms with van der Waals surface area (Å²) in [6.45, 7) is 0.318. The molecule has 0 heterocycles. The molecule has 0 saturated heterocycles. The van der Waals surface area contributed by atoms with E-state index in [1.54, 1.807) is 0 Å². The zero-order valence-corrected chi connectivity index (χ0v) is 9.23. The van der Waals surface area contributed by atoms with E-state index in [1.165, 1.54) is 7.11 Å². The van der Waals surface area contributed by atoms with Crippen molar-refractivity contribution >= 4 is 11.9 Å². The first-order valence-electron chi connectivity index (χ1n) is 5.10. The lowest BCUT2D eigenvalue weighted by Gasteiger charge is -2.04. The van der Waals surface area contributed by atoms with Gasteiger partial charge >= 0.3 is 5.97 Å². The fraction of sp³-hybridized carbons (Fsp3) is 0.333. The van der Waals surface area contributed by atoms with Gasteiger partial charge in [-0.3, -0.25) is 9.59 Å². The summed E-state index contributed by atoms with van der Waals surface area (Å²) >= 11 is 0. The summed E-state index contributed by atoms with van der Waals surface area (Å²) in [5.41, 5.74) is 0.957. The highest BCUT2D eigenvalue weighted by atomic mass is 16.5. The largest absolute Gasteiger partial charge is 0.469 e. The van der Waals surface area contributed by atoms with Crippen LogP contribution >= 0.6 is 0 Å². The molecular formula is C12H15NO3. The molecule has 4 heteroatoms. The van der Waals surface area contributed by atoms with Crippen molar-refractivity contribution in [2.75, 3.05) is 13.7 Å². The number of benzene rings is 1. The molecule has 0 fully saturated rings. The molecule has 0 bridgehead atoms. The lowest BCUT2D eigenvalue weighted by molar-refractivity contribution is -0.140. The van der Waals surface area contributed by atoms with Gasteiger partial charge in [0, 0.05) is 6.54 Å². The van der Waals surface area contributed by atoms with Gasteiger partial charge in [0.25, 0.3) is 0 Å². The molecule has 86 valence electrons. The van der Waals surface area contributed by atoms with Crippen LogP contribution in [0.5, 0.6) is 0 Å². The standard InChI is InChI=1S/C12H15NO3/c1-16-12(15)7-8-13-11(14)9-10-5-3-2-4-6-10/h2-6H,7-9H2,1H3,(H,13,14). The first kappa shape index (κ1) is 12.2. The summed E-state index contributed by atoms with van der Waals surface area (Å²) in [6.07, 6.45) is 0.541. The highest BCUT2D eigenvalue weighted by Gasteiger charge is 2.04. The number of ether oxygens (including phenoxy) is 1. The maximum atomic E-state index is 11.4. The average molecular weight is 221 g/mol. The van der Waals surface area contributed by atoms with Crippen LogP contribution < -0.4 is 5.32 Å². The number of hydrogen-bond acceptors (Lipinski definition) is 3. The zero-order chi connectivity index (χ0) is 11.8. The molecule has 1 rings (SSSR count). The Morgan fingerprint density at radius 2 is 1.94 bits per heavy atom. The Bertz CT molecular complexity index is 349. The molecule has 1 aromatic carbocycles. The summed E-state index contributed by atoms with van der Waals surface area (Å²) in [7, 11) is 1.33. The predicted octanol–water partition coefficient (Wildman–Crippen LogP) is 0.908. The van der Waals surface area contributed by atoms with Crippen LogP contribution in [0.4, 0.5) is 0 Å². The zero-order valence-electron chi connectivity index (χ0n) is 9.23. The molecule has 1 N–H and O–H groups in total. The molecule has 0 radical (unpaired) electrons. The minimum Gasteiger partial charge on any atom is -0.469 e. The fourth-order valence-corrected chi connectivity index (χ4v) is 1.25. The number of nitrogens with one attached hydrogen (secondary N) is 1. The second-order valence-corrected chi connectivity index (χ2v) is 3.34. The molecule has 16 heavy (non-hydrogen) atoms. The monoisotopic (exact) mass is 221 g/mol. The van der Waals surface area contributed by atoms with Crippen LogP contribution in [0, 0.1) is 0 Å². The quantitative estimate of drug-likeness (QED) is 0.752. The van der Waals surface area contributed by atoms with E-state index in [-0.39, 0.29) is 18.3 Å². The predicted molar refractivity (Wildman–Crippen MR) is 59.8 cm³/mol. The summed E-state index contributed by atoms with van der Waals surface area (Å²) < 4.78 is 4.46. The first-order valence-corrected chi connectivity index (χ1v) is 5.10. The summed E-state index contributed by atoms with van der Waals surface area (Å²) in [4.78, 5) is 22.2. The van der Waals surface area contributed by atoms with Crippen molar-refractivity contribution in [1.29, 1.82) is 0 Å². The second kappa shape index (κ2) is 6.61. The molecule has 0 spiro atoms. The number of rotatable bonds is 5. The van der Waals surface area contributed by atoms with Gasteiger partial charge in [-0.2, -0.15) is 0 Å². The number of esters is 1. The van der Waals surface area contributed by atoms with Crippen LogP contribution in [-0.4, -0.2) is 25.5 Å². The van der Waals surface area contributed by atoms with E-state index in [0.29, 0.717) is 13.0 Å². The third-order valence-electron chi connectivity index (χ3n) is 2.09. The van der Waals surface area contributed by atoms with E-state index < -0.39 is 0 Å². The van der Waals surface area contributed by atoms with Crippen molar-refractivity contribution in [3.63, 3.8) is 0 Å². The minimum atomic E-state index is -0.319. The van der Waals surface area contributed by atoms with Crippen molar-refractivity contribution < 1.29 is 14.3 Å². The Kier molecular flexibility index (Phi) is 5.05. The molecule has 0 aliphatic heterocycles. The molecule has 0 unspecified atom stereocenters. The second-order valence-electron chi connectivity index (χ2n) is 3.34. The van der Waals surface area contributed by atoms with E-state index in [2.05, 4.69) is 10.1 Å². The Balaban J connectivity index is 2.24. The molecule has 0 aliphatic rings. The number of amides is 1. The Morgan fingerprint density at radius 3 is 2.56 bits per heavy atom. The molecule has 1 amide bonds. The third-order valence-corrected chi connectivity index (χ3v) is 2.09. The Labute approximate surface area is 94.6 Å². The maximum Gasteiger partial charge on any atom is 0.307 e. The summed E-state index contributed by atoms with van der Waals surface area (Å²) in [6, 6.07) is 9.45. The van der Waals surface area contributed by atoms with Gasteiger partial charge in [-0.25, -0.2) is 0 Å². The molecule has 0 aromatic heterocycles. The van der Waals surface area contributed by atoms with Crippen molar-refractivity contribution in [3.8, 4) is 0 Å². The van der Waals surface area contributed by atoms with E-state index in [1.807, 2.05) is 30.3 Å². The van der Waals surface area contributed by atoms with Gasteiger partial charge in [0.15, 0.2) is 0 Å². The van der Waals surface area contributed by atoms with Gasteiger partial charge in [0.2, 0.25) is 5.91 Å². The topological polar surface area (TPSA) is 55.4 Å². The van der Waals surface area contributed by atoms with Gasteiger partial charge in [-0.1, -0.05) is 30.3 Å². The van der Waals surface area contributed by atoms with Crippen LogP contribution in [0.25, 0.3) is 0 Å². The summed E-state index contributed by atoms with van der Waals surface area (Å²) in [5.74, 6) is -0.407. The van der Waals surface area contributed by atoms with Crippen molar-refractivity contribution in [3.05, 3.63) is 35.9 Å². The van der Waals surface area contributed by atoms with E-state index in [0.717, 1.165) is 5.56 Å². The lowest BCUT2D eigenvalue weighted by atomic mass is 10.1. The third kappa shape index (κ3) is 4.59. The lowest BCUT2D eigenvalue weighted by Crippen LogP contribution is -2.27. The van der Waals surface area contributed by atoms with E-state index in [9.17, 15) is 9.59 Å². The van der Waals surface area contributed by atoms with Crippen LogP contribution in [0.15, 0.2) is 30.3 Å². The number of carbonyl (C=O) groups is 2. The average Bonchev–Trinajstić information content (AvgIpc) is 2.30. The normalized spacial score (nSPS) is 9.56. The molecule has 0 saturated carbocycles. The van der Waals surface area contributed by atoms with Gasteiger partial charge < -0.3 is 10.1 Å². The summed E-state index contributed by atoms with van der Waals surface area (Å²) in [5, 5.41) is 2.66. The van der Waals surface area contributed by atoms with Gasteiger partial charge in [0.05, 0.1) is 20.0 Å².